The van der Waals surface area contributed by atoms with Crippen molar-refractivity contribution in [2.75, 3.05) is 6.61 Å². The lowest BCUT2D eigenvalue weighted by atomic mass is 10.1. The fourth-order valence-corrected chi connectivity index (χ4v) is 3.27. The molecule has 0 aliphatic rings. The van der Waals surface area contributed by atoms with Crippen molar-refractivity contribution in [2.24, 2.45) is 5.14 Å². The van der Waals surface area contributed by atoms with E-state index in [-0.39, 0.29) is 24.0 Å². The summed E-state index contributed by atoms with van der Waals surface area (Å²) in [6.45, 7) is 1.36. The smallest absolute Gasteiger partial charge is 0.311 e. The Hall–Kier alpha value is -2.23. The number of primary sulfonamides is 1. The largest absolute Gasteiger partial charge is 0.455 e. The number of carbonyl (C=O) groups is 2. The summed E-state index contributed by atoms with van der Waals surface area (Å²) < 4.78 is 27.4. The first kappa shape index (κ1) is 19.1. The minimum absolute atomic E-state index is 0.00252. The van der Waals surface area contributed by atoms with Gasteiger partial charge < -0.3 is 10.1 Å². The Bertz CT molecular complexity index is 830. The Morgan fingerprint density at radius 3 is 2.48 bits per heavy atom. The summed E-state index contributed by atoms with van der Waals surface area (Å²) in [5, 5.41) is 9.57. The number of esters is 1. The van der Waals surface area contributed by atoms with Crippen molar-refractivity contribution in [3.63, 3.8) is 0 Å². The third-order valence-corrected chi connectivity index (χ3v) is 5.15. The molecule has 0 spiro atoms. The van der Waals surface area contributed by atoms with E-state index in [1.165, 1.54) is 23.5 Å². The number of hydrogen-bond acceptors (Lipinski definition) is 6. The molecular formula is C16H18N2O5S2. The van der Waals surface area contributed by atoms with E-state index < -0.39 is 21.9 Å². The summed E-state index contributed by atoms with van der Waals surface area (Å²) in [6, 6.07) is 9.14. The molecule has 0 bridgehead atoms. The molecular weight excluding hydrogens is 364 g/mol. The van der Waals surface area contributed by atoms with E-state index in [4.69, 9.17) is 9.88 Å². The number of rotatable bonds is 7. The number of hydrogen-bond donors (Lipinski definition) is 2. The Balaban J connectivity index is 1.82. The standard InChI is InChI=1S/C16H18N2O5S2/c1-11(12-4-6-14(7-5-12)25(17,21)22)18-15(19)10-23-16(20)9-13-3-2-8-24-13/h2-8,11H,9-10H2,1H3,(H,18,19)(H2,17,21,22)/t11-/m1/s1. The molecule has 134 valence electrons. The molecule has 3 N–H and O–H groups in total. The van der Waals surface area contributed by atoms with Crippen LogP contribution in [0.3, 0.4) is 0 Å². The molecule has 0 saturated carbocycles. The molecule has 9 heteroatoms. The fourth-order valence-electron chi connectivity index (χ4n) is 2.07. The monoisotopic (exact) mass is 382 g/mol. The van der Waals surface area contributed by atoms with Crippen LogP contribution in [0.2, 0.25) is 0 Å². The molecule has 0 aliphatic heterocycles. The molecule has 0 fully saturated rings. The second-order valence-electron chi connectivity index (χ2n) is 5.32. The van der Waals surface area contributed by atoms with E-state index in [9.17, 15) is 18.0 Å². The number of ether oxygens (including phenoxy) is 1. The molecule has 1 amide bonds. The third-order valence-electron chi connectivity index (χ3n) is 3.35. The highest BCUT2D eigenvalue weighted by molar-refractivity contribution is 7.89. The molecule has 1 heterocycles. The second-order valence-corrected chi connectivity index (χ2v) is 7.91. The average molecular weight is 382 g/mol. The molecule has 2 rings (SSSR count). The molecule has 25 heavy (non-hydrogen) atoms. The van der Waals surface area contributed by atoms with Crippen molar-refractivity contribution in [2.45, 2.75) is 24.3 Å². The number of thiophene rings is 1. The van der Waals surface area contributed by atoms with Crippen LogP contribution >= 0.6 is 11.3 Å². The third kappa shape index (κ3) is 5.96. The highest BCUT2D eigenvalue weighted by atomic mass is 32.2. The van der Waals surface area contributed by atoms with Crippen LogP contribution in [0.1, 0.15) is 23.4 Å². The molecule has 0 unspecified atom stereocenters. The van der Waals surface area contributed by atoms with Crippen molar-refractivity contribution >= 4 is 33.2 Å². The average Bonchev–Trinajstić information content (AvgIpc) is 3.05. The number of nitrogens with one attached hydrogen (secondary N) is 1. The first-order valence-corrected chi connectivity index (χ1v) is 9.78. The van der Waals surface area contributed by atoms with Crippen molar-refractivity contribution < 1.29 is 22.7 Å². The molecule has 0 saturated heterocycles. The van der Waals surface area contributed by atoms with Gasteiger partial charge in [0.25, 0.3) is 5.91 Å². The number of carbonyl (C=O) groups excluding carboxylic acids is 2. The first-order chi connectivity index (χ1) is 11.8. The maximum Gasteiger partial charge on any atom is 0.311 e. The molecule has 1 aromatic carbocycles. The zero-order valence-corrected chi connectivity index (χ0v) is 15.1. The van der Waals surface area contributed by atoms with Gasteiger partial charge in [-0.3, -0.25) is 9.59 Å². The van der Waals surface area contributed by atoms with E-state index >= 15 is 0 Å². The topological polar surface area (TPSA) is 116 Å². The molecule has 0 aliphatic carbocycles. The fraction of sp³-hybridized carbons (Fsp3) is 0.250. The zero-order valence-electron chi connectivity index (χ0n) is 13.5. The van der Waals surface area contributed by atoms with Crippen LogP contribution in [0, 0.1) is 0 Å². The lowest BCUT2D eigenvalue weighted by molar-refractivity contribution is -0.148. The lowest BCUT2D eigenvalue weighted by Crippen LogP contribution is -2.31. The molecule has 1 atom stereocenters. The van der Waals surface area contributed by atoms with Crippen LogP contribution < -0.4 is 10.5 Å². The predicted molar refractivity (Wildman–Crippen MR) is 93.4 cm³/mol. The van der Waals surface area contributed by atoms with Crippen molar-refractivity contribution in [1.29, 1.82) is 0 Å². The highest BCUT2D eigenvalue weighted by Crippen LogP contribution is 2.15. The summed E-state index contributed by atoms with van der Waals surface area (Å²) in [7, 11) is -3.75. The van der Waals surface area contributed by atoms with Crippen LogP contribution in [-0.4, -0.2) is 26.9 Å². The van der Waals surface area contributed by atoms with Gasteiger partial charge in [0, 0.05) is 4.88 Å². The number of benzene rings is 1. The minimum atomic E-state index is -3.75. The predicted octanol–water partition coefficient (Wildman–Crippen LogP) is 1.36. The van der Waals surface area contributed by atoms with Gasteiger partial charge in [-0.05, 0) is 36.1 Å². The van der Waals surface area contributed by atoms with E-state index in [0.717, 1.165) is 4.88 Å². The molecule has 0 radical (unpaired) electrons. The van der Waals surface area contributed by atoms with Crippen molar-refractivity contribution in [1.82, 2.24) is 5.32 Å². The normalized spacial score (nSPS) is 12.4. The van der Waals surface area contributed by atoms with Gasteiger partial charge in [0.2, 0.25) is 10.0 Å². The Morgan fingerprint density at radius 1 is 1.24 bits per heavy atom. The summed E-state index contributed by atoms with van der Waals surface area (Å²) in [5.74, 6) is -0.912. The Kier molecular flexibility index (Phi) is 6.29. The molecule has 1 aromatic heterocycles. The SMILES string of the molecule is C[C@@H](NC(=O)COC(=O)Cc1cccs1)c1ccc(S(N)(=O)=O)cc1. The second kappa shape index (κ2) is 8.24. The quantitative estimate of drug-likeness (QED) is 0.702. The van der Waals surface area contributed by atoms with Crippen molar-refractivity contribution in [3.05, 3.63) is 52.2 Å². The van der Waals surface area contributed by atoms with E-state index in [0.29, 0.717) is 5.56 Å². The minimum Gasteiger partial charge on any atom is -0.455 e. The van der Waals surface area contributed by atoms with Crippen LogP contribution in [0.5, 0.6) is 0 Å². The molecule has 7 nitrogen and oxygen atoms in total. The maximum absolute atomic E-state index is 11.9. The number of sulfonamides is 1. The van der Waals surface area contributed by atoms with Gasteiger partial charge in [0.15, 0.2) is 6.61 Å². The van der Waals surface area contributed by atoms with Crippen LogP contribution in [-0.2, 0) is 30.8 Å². The van der Waals surface area contributed by atoms with E-state index in [1.807, 2.05) is 17.5 Å². The Morgan fingerprint density at radius 2 is 1.92 bits per heavy atom. The van der Waals surface area contributed by atoms with Crippen molar-refractivity contribution in [3.8, 4) is 0 Å². The van der Waals surface area contributed by atoms with Gasteiger partial charge in [-0.15, -0.1) is 11.3 Å². The summed E-state index contributed by atoms with van der Waals surface area (Å²) >= 11 is 1.44. The molecule has 2 aromatic rings. The Labute approximate surface area is 149 Å². The van der Waals surface area contributed by atoms with Gasteiger partial charge >= 0.3 is 5.97 Å². The van der Waals surface area contributed by atoms with E-state index in [1.54, 1.807) is 19.1 Å². The van der Waals surface area contributed by atoms with Gasteiger partial charge in [-0.2, -0.15) is 0 Å². The van der Waals surface area contributed by atoms with Gasteiger partial charge in [0.1, 0.15) is 0 Å². The number of amides is 1. The van der Waals surface area contributed by atoms with Crippen LogP contribution in [0.25, 0.3) is 0 Å². The lowest BCUT2D eigenvalue weighted by Gasteiger charge is -2.14. The number of nitrogens with two attached hydrogens (primary N) is 1. The van der Waals surface area contributed by atoms with E-state index in [2.05, 4.69) is 5.32 Å². The van der Waals surface area contributed by atoms with Crippen LogP contribution in [0.4, 0.5) is 0 Å². The summed E-state index contributed by atoms with van der Waals surface area (Å²) in [4.78, 5) is 24.4. The zero-order chi connectivity index (χ0) is 18.4. The van der Waals surface area contributed by atoms with Gasteiger partial charge in [0.05, 0.1) is 17.4 Å². The maximum atomic E-state index is 11.9. The summed E-state index contributed by atoms with van der Waals surface area (Å²) in [5.41, 5.74) is 0.700. The first-order valence-electron chi connectivity index (χ1n) is 7.36. The van der Waals surface area contributed by atoms with Gasteiger partial charge in [-0.1, -0.05) is 18.2 Å². The summed E-state index contributed by atoms with van der Waals surface area (Å²) in [6.07, 6.45) is 0.134. The van der Waals surface area contributed by atoms with Gasteiger partial charge in [-0.25, -0.2) is 13.6 Å². The highest BCUT2D eigenvalue weighted by Gasteiger charge is 2.14. The van der Waals surface area contributed by atoms with Crippen LogP contribution in [0.15, 0.2) is 46.7 Å².